The second-order valence-electron chi connectivity index (χ2n) is 6.21. The molecule has 1 N–H and O–H groups in total. The van der Waals surface area contributed by atoms with Gasteiger partial charge in [-0.15, -0.1) is 0 Å². The average molecular weight is 211 g/mol. The Morgan fingerprint density at radius 1 is 1.33 bits per heavy atom. The van der Waals surface area contributed by atoms with Gasteiger partial charge >= 0.3 is 0 Å². The molecule has 0 radical (unpaired) electrons. The largest absolute Gasteiger partial charge is 0.369 e. The summed E-state index contributed by atoms with van der Waals surface area (Å²) in [5.41, 5.74) is 0.391. The van der Waals surface area contributed by atoms with E-state index in [9.17, 15) is 0 Å². The van der Waals surface area contributed by atoms with E-state index in [2.05, 4.69) is 33.0 Å². The van der Waals surface area contributed by atoms with Crippen molar-refractivity contribution in [3.63, 3.8) is 0 Å². The third-order valence-electron chi connectivity index (χ3n) is 4.37. The topological polar surface area (TPSA) is 21.3 Å². The van der Waals surface area contributed by atoms with Crippen LogP contribution in [0.2, 0.25) is 0 Å². The van der Waals surface area contributed by atoms with Gasteiger partial charge in [0.2, 0.25) is 0 Å². The van der Waals surface area contributed by atoms with Crippen molar-refractivity contribution in [2.45, 2.75) is 71.1 Å². The van der Waals surface area contributed by atoms with Gasteiger partial charge in [-0.05, 0) is 31.6 Å². The third kappa shape index (κ3) is 2.07. The lowest BCUT2D eigenvalue weighted by Crippen LogP contribution is -2.63. The van der Waals surface area contributed by atoms with E-state index in [1.54, 1.807) is 0 Å². The maximum absolute atomic E-state index is 6.38. The summed E-state index contributed by atoms with van der Waals surface area (Å²) in [4.78, 5) is 0. The lowest BCUT2D eigenvalue weighted by atomic mass is 9.71. The van der Waals surface area contributed by atoms with E-state index < -0.39 is 0 Å². The van der Waals surface area contributed by atoms with Crippen LogP contribution in [-0.4, -0.2) is 24.3 Å². The number of morpholine rings is 1. The highest BCUT2D eigenvalue weighted by Crippen LogP contribution is 2.41. The monoisotopic (exact) mass is 211 g/mol. The van der Waals surface area contributed by atoms with Gasteiger partial charge in [0.15, 0.2) is 0 Å². The smallest absolute Gasteiger partial charge is 0.0786 e. The number of ether oxygens (including phenoxy) is 1. The molecule has 1 aliphatic heterocycles. The molecule has 0 spiro atoms. The highest BCUT2D eigenvalue weighted by molar-refractivity contribution is 4.99. The number of nitrogens with one attached hydrogen (secondary N) is 1. The molecule has 0 aromatic heterocycles. The van der Waals surface area contributed by atoms with Crippen molar-refractivity contribution in [1.82, 2.24) is 5.32 Å². The minimum absolute atomic E-state index is 0.0514. The number of rotatable bonds is 1. The van der Waals surface area contributed by atoms with Crippen LogP contribution in [0.1, 0.15) is 53.4 Å². The molecule has 2 rings (SSSR count). The summed E-state index contributed by atoms with van der Waals surface area (Å²) >= 11 is 0. The Labute approximate surface area is 93.8 Å². The predicted octanol–water partition coefficient (Wildman–Crippen LogP) is 2.72. The van der Waals surface area contributed by atoms with Gasteiger partial charge in [-0.3, -0.25) is 0 Å². The molecule has 1 saturated heterocycles. The fourth-order valence-electron chi connectivity index (χ4n) is 2.97. The van der Waals surface area contributed by atoms with E-state index in [1.165, 1.54) is 19.3 Å². The second-order valence-corrected chi connectivity index (χ2v) is 6.21. The minimum Gasteiger partial charge on any atom is -0.369 e. The standard InChI is InChI=1S/C13H25NO/c1-5-13(4)9-14-10-7-6-8-12(2,3)11(10)15-13/h10-11,14H,5-9H2,1-4H3. The first-order valence-electron chi connectivity index (χ1n) is 6.38. The van der Waals surface area contributed by atoms with Crippen LogP contribution in [0.5, 0.6) is 0 Å². The molecule has 0 amide bonds. The van der Waals surface area contributed by atoms with Crippen LogP contribution in [0.25, 0.3) is 0 Å². The van der Waals surface area contributed by atoms with Gasteiger partial charge in [-0.2, -0.15) is 0 Å². The molecule has 15 heavy (non-hydrogen) atoms. The zero-order chi connectivity index (χ0) is 11.1. The van der Waals surface area contributed by atoms with Gasteiger partial charge < -0.3 is 10.1 Å². The maximum Gasteiger partial charge on any atom is 0.0786 e. The fraction of sp³-hybridized carbons (Fsp3) is 1.00. The van der Waals surface area contributed by atoms with Crippen molar-refractivity contribution < 1.29 is 4.74 Å². The SMILES string of the molecule is CCC1(C)CNC2CCCC(C)(C)C2O1. The molecule has 88 valence electrons. The number of hydrogen-bond donors (Lipinski definition) is 1. The van der Waals surface area contributed by atoms with E-state index in [-0.39, 0.29) is 5.60 Å². The lowest BCUT2D eigenvalue weighted by Gasteiger charge is -2.52. The summed E-state index contributed by atoms with van der Waals surface area (Å²) in [5.74, 6) is 0. The third-order valence-corrected chi connectivity index (χ3v) is 4.37. The summed E-state index contributed by atoms with van der Waals surface area (Å²) in [5, 5.41) is 3.69. The second kappa shape index (κ2) is 3.74. The van der Waals surface area contributed by atoms with E-state index in [0.29, 0.717) is 17.6 Å². The van der Waals surface area contributed by atoms with Gasteiger partial charge in [-0.1, -0.05) is 27.2 Å². The van der Waals surface area contributed by atoms with Crippen LogP contribution in [-0.2, 0) is 4.74 Å². The molecule has 2 nitrogen and oxygen atoms in total. The molecule has 1 saturated carbocycles. The van der Waals surface area contributed by atoms with Crippen molar-refractivity contribution in [2.75, 3.05) is 6.54 Å². The highest BCUT2D eigenvalue weighted by Gasteiger charge is 2.46. The summed E-state index contributed by atoms with van der Waals surface area (Å²) < 4.78 is 6.38. The molecule has 2 heteroatoms. The van der Waals surface area contributed by atoms with E-state index in [1.807, 2.05) is 0 Å². The zero-order valence-corrected chi connectivity index (χ0v) is 10.6. The van der Waals surface area contributed by atoms with Crippen LogP contribution in [0.3, 0.4) is 0 Å². The Hall–Kier alpha value is -0.0800. The van der Waals surface area contributed by atoms with Gasteiger partial charge in [0.1, 0.15) is 0 Å². The number of fused-ring (bicyclic) bond motifs is 1. The molecule has 0 bridgehead atoms. The number of hydrogen-bond acceptors (Lipinski definition) is 2. The molecule has 1 heterocycles. The summed E-state index contributed by atoms with van der Waals surface area (Å²) in [6.07, 6.45) is 5.43. The van der Waals surface area contributed by atoms with Gasteiger partial charge in [0.05, 0.1) is 11.7 Å². The highest BCUT2D eigenvalue weighted by atomic mass is 16.5. The molecule has 0 aromatic rings. The molecule has 2 aliphatic rings. The van der Waals surface area contributed by atoms with E-state index in [4.69, 9.17) is 4.74 Å². The summed E-state index contributed by atoms with van der Waals surface area (Å²) in [6, 6.07) is 0.591. The van der Waals surface area contributed by atoms with Crippen LogP contribution >= 0.6 is 0 Å². The van der Waals surface area contributed by atoms with Crippen molar-refractivity contribution in [3.05, 3.63) is 0 Å². The van der Waals surface area contributed by atoms with Gasteiger partial charge in [-0.25, -0.2) is 0 Å². The Kier molecular flexibility index (Phi) is 2.85. The van der Waals surface area contributed by atoms with Crippen LogP contribution < -0.4 is 5.32 Å². The molecular weight excluding hydrogens is 186 g/mol. The lowest BCUT2D eigenvalue weighted by molar-refractivity contribution is -0.179. The van der Waals surface area contributed by atoms with E-state index in [0.717, 1.165) is 13.0 Å². The van der Waals surface area contributed by atoms with Gasteiger partial charge in [0, 0.05) is 12.6 Å². The molecule has 0 aromatic carbocycles. The predicted molar refractivity (Wildman–Crippen MR) is 63.0 cm³/mol. The summed E-state index contributed by atoms with van der Waals surface area (Å²) in [6.45, 7) is 10.2. The molecule has 3 atom stereocenters. The Morgan fingerprint density at radius 3 is 2.73 bits per heavy atom. The Morgan fingerprint density at radius 2 is 2.07 bits per heavy atom. The first kappa shape index (κ1) is 11.4. The molecular formula is C13H25NO. The quantitative estimate of drug-likeness (QED) is 0.720. The first-order valence-corrected chi connectivity index (χ1v) is 6.38. The van der Waals surface area contributed by atoms with Gasteiger partial charge in [0.25, 0.3) is 0 Å². The fourth-order valence-corrected chi connectivity index (χ4v) is 2.97. The van der Waals surface area contributed by atoms with Crippen LogP contribution in [0.4, 0.5) is 0 Å². The molecule has 3 unspecified atom stereocenters. The van der Waals surface area contributed by atoms with Crippen molar-refractivity contribution in [2.24, 2.45) is 5.41 Å². The Balaban J connectivity index is 2.14. The zero-order valence-electron chi connectivity index (χ0n) is 10.6. The minimum atomic E-state index is 0.0514. The van der Waals surface area contributed by atoms with Crippen molar-refractivity contribution in [1.29, 1.82) is 0 Å². The van der Waals surface area contributed by atoms with Crippen molar-refractivity contribution in [3.8, 4) is 0 Å². The average Bonchev–Trinajstić information content (AvgIpc) is 2.19. The molecule has 2 fully saturated rings. The summed E-state index contributed by atoms with van der Waals surface area (Å²) in [7, 11) is 0. The Bertz CT molecular complexity index is 239. The van der Waals surface area contributed by atoms with E-state index >= 15 is 0 Å². The first-order chi connectivity index (χ1) is 6.97. The van der Waals surface area contributed by atoms with Crippen molar-refractivity contribution >= 4 is 0 Å². The maximum atomic E-state index is 6.38. The van der Waals surface area contributed by atoms with Crippen LogP contribution in [0, 0.1) is 5.41 Å². The van der Waals surface area contributed by atoms with Crippen LogP contribution in [0.15, 0.2) is 0 Å². The normalized spacial score (nSPS) is 44.8. The molecule has 1 aliphatic carbocycles.